The minimum absolute atomic E-state index is 0.122. The molecule has 0 amide bonds. The van der Waals surface area contributed by atoms with Gasteiger partial charge in [0.2, 0.25) is 0 Å². The Balaban J connectivity index is 2.21. The molecule has 0 heterocycles. The van der Waals surface area contributed by atoms with Crippen LogP contribution in [0.2, 0.25) is 0 Å². The Morgan fingerprint density at radius 2 is 1.65 bits per heavy atom. The number of para-hydroxylation sites is 2. The van der Waals surface area contributed by atoms with Gasteiger partial charge in [0.15, 0.2) is 28.4 Å². The third kappa shape index (κ3) is 3.89. The molecule has 0 saturated carbocycles. The van der Waals surface area contributed by atoms with Crippen LogP contribution in [0.1, 0.15) is 6.92 Å². The number of nitrogens with one attached hydrogen (secondary N) is 2. The molecule has 0 radical (unpaired) electrons. The average molecular weight is 344 g/mol. The van der Waals surface area contributed by atoms with Gasteiger partial charge in [-0.2, -0.15) is 0 Å². The monoisotopic (exact) mass is 344 g/mol. The molecule has 23 heavy (non-hydrogen) atoms. The van der Waals surface area contributed by atoms with Crippen LogP contribution in [-0.4, -0.2) is 11.7 Å². The number of ether oxygens (including phenoxy) is 1. The van der Waals surface area contributed by atoms with Crippen molar-refractivity contribution in [1.29, 1.82) is 0 Å². The number of hydrogen-bond acceptors (Lipinski definition) is 2. The molecule has 2 N–H and O–H groups in total. The Labute approximate surface area is 135 Å². The van der Waals surface area contributed by atoms with Crippen LogP contribution in [0.4, 0.5) is 28.9 Å². The smallest absolute Gasteiger partial charge is 0.185 e. The fourth-order valence-corrected chi connectivity index (χ4v) is 2.01. The maximum atomic E-state index is 13.6. The molecule has 122 valence electrons. The number of halogens is 4. The molecule has 0 aliphatic rings. The van der Waals surface area contributed by atoms with Crippen LogP contribution >= 0.6 is 12.2 Å². The molecule has 0 atom stereocenters. The minimum Gasteiger partial charge on any atom is -0.492 e. The van der Waals surface area contributed by atoms with Crippen LogP contribution in [0.25, 0.3) is 0 Å². The number of hydrogen-bond donors (Lipinski definition) is 2. The zero-order valence-corrected chi connectivity index (χ0v) is 12.7. The van der Waals surface area contributed by atoms with Crippen molar-refractivity contribution in [2.75, 3.05) is 17.2 Å². The van der Waals surface area contributed by atoms with Gasteiger partial charge in [-0.05, 0) is 31.3 Å². The third-order valence-electron chi connectivity index (χ3n) is 2.79. The molecule has 2 aromatic rings. The predicted octanol–water partition coefficient (Wildman–Crippen LogP) is 4.45. The van der Waals surface area contributed by atoms with Crippen molar-refractivity contribution >= 4 is 28.7 Å². The average Bonchev–Trinajstić information content (AvgIpc) is 2.52. The normalized spacial score (nSPS) is 10.3. The highest BCUT2D eigenvalue weighted by molar-refractivity contribution is 7.80. The summed E-state index contributed by atoms with van der Waals surface area (Å²) in [5, 5.41) is 4.52. The van der Waals surface area contributed by atoms with Gasteiger partial charge in [-0.3, -0.25) is 0 Å². The molecule has 0 fully saturated rings. The Morgan fingerprint density at radius 1 is 1.04 bits per heavy atom. The summed E-state index contributed by atoms with van der Waals surface area (Å²) in [6.07, 6.45) is 0. The van der Waals surface area contributed by atoms with Crippen molar-refractivity contribution in [3.63, 3.8) is 0 Å². The Kier molecular flexibility index (Phi) is 5.38. The van der Waals surface area contributed by atoms with Crippen LogP contribution in [0.3, 0.4) is 0 Å². The first-order valence-electron chi connectivity index (χ1n) is 6.56. The zero-order valence-electron chi connectivity index (χ0n) is 11.9. The molecular weight excluding hydrogens is 332 g/mol. The van der Waals surface area contributed by atoms with E-state index in [1.807, 2.05) is 0 Å². The van der Waals surface area contributed by atoms with Crippen molar-refractivity contribution in [1.82, 2.24) is 0 Å². The van der Waals surface area contributed by atoms with Gasteiger partial charge < -0.3 is 15.4 Å². The van der Waals surface area contributed by atoms with Crippen molar-refractivity contribution in [2.24, 2.45) is 0 Å². The van der Waals surface area contributed by atoms with E-state index >= 15 is 0 Å². The molecule has 0 aliphatic carbocycles. The minimum atomic E-state index is -1.56. The highest BCUT2D eigenvalue weighted by atomic mass is 32.1. The zero-order chi connectivity index (χ0) is 17.0. The fraction of sp³-hybridized carbons (Fsp3) is 0.133. The summed E-state index contributed by atoms with van der Waals surface area (Å²) in [4.78, 5) is 0. The summed E-state index contributed by atoms with van der Waals surface area (Å²) in [5.74, 6) is -5.71. The van der Waals surface area contributed by atoms with Gasteiger partial charge in [-0.15, -0.1) is 0 Å². The largest absolute Gasteiger partial charge is 0.492 e. The summed E-state index contributed by atoms with van der Waals surface area (Å²) in [5.41, 5.74) is -0.571. The second kappa shape index (κ2) is 7.28. The standard InChI is InChI=1S/C15H12F4N2OS/c1-2-22-11-6-4-3-5-10(11)20-15(23)21-14-12(18)8(16)7-9(17)13(14)19/h3-7H,2H2,1H3,(H2,20,21,23). The highest BCUT2D eigenvalue weighted by Gasteiger charge is 2.20. The van der Waals surface area contributed by atoms with E-state index in [2.05, 4.69) is 10.6 Å². The van der Waals surface area contributed by atoms with E-state index in [0.717, 1.165) is 0 Å². The van der Waals surface area contributed by atoms with Gasteiger partial charge in [-0.1, -0.05) is 12.1 Å². The topological polar surface area (TPSA) is 33.3 Å². The molecule has 2 aromatic carbocycles. The lowest BCUT2D eigenvalue weighted by molar-refractivity contribution is 0.342. The van der Waals surface area contributed by atoms with E-state index in [4.69, 9.17) is 17.0 Å². The molecule has 8 heteroatoms. The lowest BCUT2D eigenvalue weighted by Crippen LogP contribution is -2.22. The number of benzene rings is 2. The maximum absolute atomic E-state index is 13.6. The summed E-state index contributed by atoms with van der Waals surface area (Å²) >= 11 is 4.91. The van der Waals surface area contributed by atoms with Gasteiger partial charge in [0.1, 0.15) is 11.4 Å². The predicted molar refractivity (Wildman–Crippen MR) is 83.7 cm³/mol. The molecule has 0 spiro atoms. The lowest BCUT2D eigenvalue weighted by atomic mass is 10.2. The summed E-state index contributed by atoms with van der Waals surface area (Å²) in [7, 11) is 0. The van der Waals surface area contributed by atoms with Gasteiger partial charge in [0, 0.05) is 6.07 Å². The fourth-order valence-electron chi connectivity index (χ4n) is 1.80. The molecule has 2 rings (SSSR count). The first-order chi connectivity index (χ1) is 10.9. The highest BCUT2D eigenvalue weighted by Crippen LogP contribution is 2.26. The van der Waals surface area contributed by atoms with Gasteiger partial charge in [0.25, 0.3) is 0 Å². The summed E-state index contributed by atoms with van der Waals surface area (Å²) in [6.45, 7) is 2.19. The second-order valence-electron chi connectivity index (χ2n) is 4.35. The van der Waals surface area contributed by atoms with Gasteiger partial charge in [-0.25, -0.2) is 17.6 Å². The molecule has 3 nitrogen and oxygen atoms in total. The first kappa shape index (κ1) is 17.0. The van der Waals surface area contributed by atoms with Crippen molar-refractivity contribution in [2.45, 2.75) is 6.92 Å². The van der Waals surface area contributed by atoms with E-state index in [1.54, 1.807) is 31.2 Å². The maximum Gasteiger partial charge on any atom is 0.185 e. The SMILES string of the molecule is CCOc1ccccc1NC(=S)Nc1c(F)c(F)cc(F)c1F. The van der Waals surface area contributed by atoms with Crippen molar-refractivity contribution in [3.8, 4) is 5.75 Å². The van der Waals surface area contributed by atoms with Crippen LogP contribution in [-0.2, 0) is 0 Å². The van der Waals surface area contributed by atoms with Gasteiger partial charge in [0.05, 0.1) is 12.3 Å². The number of anilines is 2. The lowest BCUT2D eigenvalue weighted by Gasteiger charge is -2.15. The van der Waals surface area contributed by atoms with Crippen LogP contribution < -0.4 is 15.4 Å². The van der Waals surface area contributed by atoms with Crippen molar-refractivity contribution in [3.05, 3.63) is 53.6 Å². The van der Waals surface area contributed by atoms with E-state index in [1.165, 1.54) is 0 Å². The van der Waals surface area contributed by atoms with Crippen LogP contribution in [0.15, 0.2) is 30.3 Å². The van der Waals surface area contributed by atoms with Crippen molar-refractivity contribution < 1.29 is 22.3 Å². The number of rotatable bonds is 4. The van der Waals surface area contributed by atoms with E-state index in [0.29, 0.717) is 18.0 Å². The molecule has 0 aromatic heterocycles. The Morgan fingerprint density at radius 3 is 2.26 bits per heavy atom. The van der Waals surface area contributed by atoms with Crippen LogP contribution in [0.5, 0.6) is 5.75 Å². The van der Waals surface area contributed by atoms with Crippen LogP contribution in [0, 0.1) is 23.3 Å². The Bertz CT molecular complexity index is 713. The first-order valence-corrected chi connectivity index (χ1v) is 6.97. The molecule has 0 unspecified atom stereocenters. The quantitative estimate of drug-likeness (QED) is 0.488. The Hall–Kier alpha value is -2.35. The van der Waals surface area contributed by atoms with E-state index in [-0.39, 0.29) is 11.2 Å². The molecule has 0 saturated heterocycles. The third-order valence-corrected chi connectivity index (χ3v) is 2.99. The second-order valence-corrected chi connectivity index (χ2v) is 4.76. The molecular formula is C15H12F4N2OS. The molecule has 0 bridgehead atoms. The van der Waals surface area contributed by atoms with E-state index in [9.17, 15) is 17.6 Å². The summed E-state index contributed by atoms with van der Waals surface area (Å²) in [6, 6.07) is 6.83. The van der Waals surface area contributed by atoms with E-state index < -0.39 is 29.0 Å². The summed E-state index contributed by atoms with van der Waals surface area (Å²) < 4.78 is 58.8. The number of thiocarbonyl (C=S) groups is 1. The van der Waals surface area contributed by atoms with Gasteiger partial charge >= 0.3 is 0 Å². The molecule has 0 aliphatic heterocycles.